The van der Waals surface area contributed by atoms with E-state index in [9.17, 15) is 4.79 Å². The third kappa shape index (κ3) is 4.27. The number of rotatable bonds is 6. The fourth-order valence-electron chi connectivity index (χ4n) is 2.58. The van der Waals surface area contributed by atoms with Gasteiger partial charge in [-0.15, -0.1) is 0 Å². The molecule has 0 aliphatic heterocycles. The van der Waals surface area contributed by atoms with Crippen molar-refractivity contribution in [2.45, 2.75) is 6.92 Å². The maximum atomic E-state index is 12.3. The molecule has 1 aromatic heterocycles. The first kappa shape index (κ1) is 18.5. The number of nitrogens with one attached hydrogen (secondary N) is 2. The zero-order valence-corrected chi connectivity index (χ0v) is 15.4. The first-order valence-corrected chi connectivity index (χ1v) is 8.73. The van der Waals surface area contributed by atoms with Gasteiger partial charge in [0, 0.05) is 22.8 Å². The molecular weight excluding hydrogens is 364 g/mol. The van der Waals surface area contributed by atoms with Gasteiger partial charge in [0.15, 0.2) is 11.6 Å². The fraction of sp³-hybridized carbons (Fsp3) is 0.105. The summed E-state index contributed by atoms with van der Waals surface area (Å²) in [6.45, 7) is 2.67. The average molecular weight is 383 g/mol. The van der Waals surface area contributed by atoms with E-state index < -0.39 is 0 Å². The Balaban J connectivity index is 1.79. The van der Waals surface area contributed by atoms with E-state index in [2.05, 4.69) is 20.8 Å². The number of hydrogen-bond donors (Lipinski definition) is 3. The molecule has 0 aliphatic rings. The predicted molar refractivity (Wildman–Crippen MR) is 108 cm³/mol. The zero-order chi connectivity index (χ0) is 19.2. The van der Waals surface area contributed by atoms with Gasteiger partial charge in [0.2, 0.25) is 0 Å². The van der Waals surface area contributed by atoms with Crippen LogP contribution in [-0.4, -0.2) is 22.4 Å². The number of carbonyl (C=O) groups excluding carboxylic acids is 1. The third-order valence-corrected chi connectivity index (χ3v) is 4.12. The molecule has 0 saturated heterocycles. The monoisotopic (exact) mass is 382 g/mol. The summed E-state index contributed by atoms with van der Waals surface area (Å²) in [6, 6.07) is 16.4. The maximum absolute atomic E-state index is 12.3. The number of aromatic nitrogens is 2. The predicted octanol–water partition coefficient (Wildman–Crippen LogP) is 3.63. The van der Waals surface area contributed by atoms with Crippen LogP contribution in [0.3, 0.4) is 0 Å². The molecule has 4 N–H and O–H groups in total. The topological polar surface area (TPSA) is 96.2 Å². The molecule has 0 radical (unpaired) electrons. The van der Waals surface area contributed by atoms with Crippen molar-refractivity contribution in [2.24, 2.45) is 0 Å². The van der Waals surface area contributed by atoms with Crippen molar-refractivity contribution >= 4 is 40.5 Å². The van der Waals surface area contributed by atoms with Crippen LogP contribution in [0.5, 0.6) is 0 Å². The number of amides is 1. The Labute approximate surface area is 162 Å². The van der Waals surface area contributed by atoms with Crippen molar-refractivity contribution in [1.82, 2.24) is 15.4 Å². The molecule has 0 fully saturated rings. The van der Waals surface area contributed by atoms with E-state index in [1.807, 2.05) is 42.2 Å². The van der Waals surface area contributed by atoms with E-state index in [1.165, 1.54) is 6.33 Å². The van der Waals surface area contributed by atoms with E-state index in [-0.39, 0.29) is 5.91 Å². The molecule has 2 aromatic carbocycles. The van der Waals surface area contributed by atoms with Gasteiger partial charge in [-0.3, -0.25) is 15.6 Å². The zero-order valence-electron chi connectivity index (χ0n) is 14.7. The SMILES string of the molecule is CCN(c1ccccc1)c1ncnc(NNC(=O)c2cccc(Cl)c2)c1N. The van der Waals surface area contributed by atoms with Gasteiger partial charge in [-0.25, -0.2) is 9.97 Å². The Morgan fingerprint density at radius 2 is 1.93 bits per heavy atom. The van der Waals surface area contributed by atoms with Crippen LogP contribution in [0, 0.1) is 0 Å². The van der Waals surface area contributed by atoms with E-state index in [4.69, 9.17) is 17.3 Å². The Kier molecular flexibility index (Phi) is 5.73. The molecule has 0 aliphatic carbocycles. The van der Waals surface area contributed by atoms with Crippen LogP contribution in [0.25, 0.3) is 0 Å². The molecule has 3 rings (SSSR count). The quantitative estimate of drug-likeness (QED) is 0.563. The molecule has 27 heavy (non-hydrogen) atoms. The number of nitrogen functional groups attached to an aromatic ring is 1. The molecular formula is C19H19ClN6O. The highest BCUT2D eigenvalue weighted by atomic mass is 35.5. The van der Waals surface area contributed by atoms with Crippen LogP contribution in [0.2, 0.25) is 5.02 Å². The van der Waals surface area contributed by atoms with E-state index in [0.717, 1.165) is 5.69 Å². The van der Waals surface area contributed by atoms with Gasteiger partial charge < -0.3 is 10.6 Å². The lowest BCUT2D eigenvalue weighted by atomic mass is 10.2. The van der Waals surface area contributed by atoms with Gasteiger partial charge in [-0.05, 0) is 37.3 Å². The number of carbonyl (C=O) groups is 1. The van der Waals surface area contributed by atoms with Crippen molar-refractivity contribution in [1.29, 1.82) is 0 Å². The normalized spacial score (nSPS) is 10.3. The van der Waals surface area contributed by atoms with Gasteiger partial charge >= 0.3 is 0 Å². The minimum absolute atomic E-state index is 0.310. The standard InChI is InChI=1S/C19H19ClN6O/c1-2-26(15-9-4-3-5-10-15)18-16(21)17(22-12-23-18)24-25-19(27)13-7-6-8-14(20)11-13/h3-12H,2,21H2,1H3,(H,25,27)(H,22,23,24). The summed E-state index contributed by atoms with van der Waals surface area (Å²) in [5.41, 5.74) is 13.3. The summed E-state index contributed by atoms with van der Waals surface area (Å²) in [7, 11) is 0. The second-order valence-corrected chi connectivity index (χ2v) is 6.07. The summed E-state index contributed by atoms with van der Waals surface area (Å²) < 4.78 is 0. The van der Waals surface area contributed by atoms with Crippen molar-refractivity contribution in [2.75, 3.05) is 22.6 Å². The van der Waals surface area contributed by atoms with Crippen molar-refractivity contribution in [3.63, 3.8) is 0 Å². The van der Waals surface area contributed by atoms with Crippen LogP contribution in [0.4, 0.5) is 23.0 Å². The Morgan fingerprint density at radius 3 is 2.63 bits per heavy atom. The van der Waals surface area contributed by atoms with Gasteiger partial charge in [0.1, 0.15) is 12.0 Å². The molecule has 0 atom stereocenters. The summed E-state index contributed by atoms with van der Waals surface area (Å²) >= 11 is 5.91. The Bertz CT molecular complexity index is 934. The summed E-state index contributed by atoms with van der Waals surface area (Å²) in [5, 5.41) is 0.480. The number of nitrogens with two attached hydrogens (primary N) is 1. The van der Waals surface area contributed by atoms with Crippen LogP contribution >= 0.6 is 11.6 Å². The van der Waals surface area contributed by atoms with E-state index in [0.29, 0.717) is 34.5 Å². The number of anilines is 4. The van der Waals surface area contributed by atoms with Crippen molar-refractivity contribution in [3.05, 3.63) is 71.5 Å². The fourth-order valence-corrected chi connectivity index (χ4v) is 2.77. The molecule has 3 aromatic rings. The largest absolute Gasteiger partial charge is 0.393 e. The second-order valence-electron chi connectivity index (χ2n) is 5.63. The molecule has 0 bridgehead atoms. The first-order valence-electron chi connectivity index (χ1n) is 8.35. The summed E-state index contributed by atoms with van der Waals surface area (Å²) in [4.78, 5) is 22.6. The van der Waals surface area contributed by atoms with E-state index >= 15 is 0 Å². The number of halogens is 1. The molecule has 1 heterocycles. The molecule has 0 saturated carbocycles. The lowest BCUT2D eigenvalue weighted by Gasteiger charge is -2.24. The lowest BCUT2D eigenvalue weighted by molar-refractivity contribution is 0.0962. The highest BCUT2D eigenvalue weighted by Gasteiger charge is 2.16. The van der Waals surface area contributed by atoms with Crippen molar-refractivity contribution in [3.8, 4) is 0 Å². The minimum Gasteiger partial charge on any atom is -0.393 e. The second kappa shape index (κ2) is 8.37. The van der Waals surface area contributed by atoms with Crippen LogP contribution in [0.15, 0.2) is 60.9 Å². The van der Waals surface area contributed by atoms with Crippen LogP contribution < -0.4 is 21.5 Å². The Hall–Kier alpha value is -3.32. The number of para-hydroxylation sites is 1. The molecule has 0 spiro atoms. The summed E-state index contributed by atoms with van der Waals surface area (Å²) in [5.74, 6) is 0.510. The smallest absolute Gasteiger partial charge is 0.269 e. The number of hydrazine groups is 1. The lowest BCUT2D eigenvalue weighted by Crippen LogP contribution is -2.30. The van der Waals surface area contributed by atoms with Gasteiger partial charge in [0.25, 0.3) is 5.91 Å². The maximum Gasteiger partial charge on any atom is 0.269 e. The number of nitrogens with zero attached hydrogens (tertiary/aromatic N) is 3. The molecule has 0 unspecified atom stereocenters. The highest BCUT2D eigenvalue weighted by Crippen LogP contribution is 2.31. The van der Waals surface area contributed by atoms with Crippen LogP contribution in [-0.2, 0) is 0 Å². The molecule has 1 amide bonds. The number of benzene rings is 2. The van der Waals surface area contributed by atoms with E-state index in [1.54, 1.807) is 24.3 Å². The Morgan fingerprint density at radius 1 is 1.15 bits per heavy atom. The van der Waals surface area contributed by atoms with Gasteiger partial charge in [-0.2, -0.15) is 0 Å². The molecule has 7 nitrogen and oxygen atoms in total. The first-order chi connectivity index (χ1) is 13.1. The average Bonchev–Trinajstić information content (AvgIpc) is 2.69. The molecule has 8 heteroatoms. The highest BCUT2D eigenvalue weighted by molar-refractivity contribution is 6.30. The van der Waals surface area contributed by atoms with Crippen LogP contribution in [0.1, 0.15) is 17.3 Å². The number of hydrogen-bond acceptors (Lipinski definition) is 6. The summed E-state index contributed by atoms with van der Waals surface area (Å²) in [6.07, 6.45) is 1.39. The van der Waals surface area contributed by atoms with Crippen molar-refractivity contribution < 1.29 is 4.79 Å². The van der Waals surface area contributed by atoms with Gasteiger partial charge in [-0.1, -0.05) is 35.9 Å². The molecule has 138 valence electrons. The minimum atomic E-state index is -0.354. The third-order valence-electron chi connectivity index (χ3n) is 3.88. The van der Waals surface area contributed by atoms with Gasteiger partial charge in [0.05, 0.1) is 0 Å².